The fraction of sp³-hybridized carbons (Fsp3) is 0.667. The molecule has 2 aliphatic heterocycles. The fourth-order valence-corrected chi connectivity index (χ4v) is 5.69. The number of likely N-dealkylation sites (N-methyl/N-ethyl adjacent to an activating group) is 1. The molecule has 158 valence electrons. The second kappa shape index (κ2) is 8.53. The minimum absolute atomic E-state index is 0.261. The van der Waals surface area contributed by atoms with Gasteiger partial charge < -0.3 is 14.5 Å². The quantitative estimate of drug-likeness (QED) is 0.709. The monoisotopic (exact) mass is 417 g/mol. The molecule has 8 heteroatoms. The van der Waals surface area contributed by atoms with Crippen LogP contribution in [0.5, 0.6) is 0 Å². The van der Waals surface area contributed by atoms with Crippen LogP contribution in [-0.2, 0) is 4.74 Å². The van der Waals surface area contributed by atoms with E-state index >= 15 is 0 Å². The van der Waals surface area contributed by atoms with Crippen LogP contribution in [0, 0.1) is 13.8 Å². The summed E-state index contributed by atoms with van der Waals surface area (Å²) >= 11 is 1.42. The number of likely N-dealkylation sites (tertiary alicyclic amines) is 1. The molecule has 29 heavy (non-hydrogen) atoms. The van der Waals surface area contributed by atoms with Crippen LogP contribution in [0.3, 0.4) is 0 Å². The second-order valence-electron chi connectivity index (χ2n) is 8.13. The molecule has 4 rings (SSSR count). The Kier molecular flexibility index (Phi) is 6.03. The van der Waals surface area contributed by atoms with E-state index in [1.54, 1.807) is 0 Å². The van der Waals surface area contributed by atoms with E-state index in [1.165, 1.54) is 37.3 Å². The molecule has 2 saturated heterocycles. The first-order valence-corrected chi connectivity index (χ1v) is 11.4. The van der Waals surface area contributed by atoms with Gasteiger partial charge in [0.05, 0.1) is 12.0 Å². The Morgan fingerprint density at radius 3 is 2.62 bits per heavy atom. The molecular formula is C21H31N5O2S. The average molecular weight is 418 g/mol. The zero-order valence-corrected chi connectivity index (χ0v) is 18.7. The summed E-state index contributed by atoms with van der Waals surface area (Å²) in [6.07, 6.45) is 2.59. The van der Waals surface area contributed by atoms with Gasteiger partial charge in [0.1, 0.15) is 21.3 Å². The van der Waals surface area contributed by atoms with Crippen LogP contribution in [0.25, 0.3) is 10.2 Å². The maximum atomic E-state index is 12.4. The smallest absolute Gasteiger partial charge is 0.348 e. The fourth-order valence-electron chi connectivity index (χ4n) is 4.58. The standard InChI is InChI=1S/C21H31N5O2S/c1-5-28-21(27)18-14(2)17-19(22-15(3)23-20(17)29-18)26-11-9-25(10-12-26)16-7-6-8-24(4)13-16/h16H,5-13H2,1-4H3. The first-order chi connectivity index (χ1) is 14.0. The number of carbonyl (C=O) groups excluding carboxylic acids is 1. The van der Waals surface area contributed by atoms with Gasteiger partial charge in [-0.25, -0.2) is 14.8 Å². The number of carbonyl (C=O) groups is 1. The maximum Gasteiger partial charge on any atom is 0.348 e. The molecule has 1 atom stereocenters. The molecule has 0 radical (unpaired) electrons. The number of rotatable bonds is 4. The molecule has 1 unspecified atom stereocenters. The Labute approximate surface area is 176 Å². The van der Waals surface area contributed by atoms with Gasteiger partial charge in [-0.05, 0) is 52.8 Å². The number of piperidine rings is 1. The lowest BCUT2D eigenvalue weighted by Crippen LogP contribution is -2.54. The van der Waals surface area contributed by atoms with Crippen molar-refractivity contribution in [3.63, 3.8) is 0 Å². The summed E-state index contributed by atoms with van der Waals surface area (Å²) in [4.78, 5) is 30.8. The van der Waals surface area contributed by atoms with Gasteiger partial charge in [-0.3, -0.25) is 4.90 Å². The largest absolute Gasteiger partial charge is 0.462 e. The number of fused-ring (bicyclic) bond motifs is 1. The van der Waals surface area contributed by atoms with Gasteiger partial charge in [0, 0.05) is 38.8 Å². The lowest BCUT2D eigenvalue weighted by Gasteiger charge is -2.43. The Morgan fingerprint density at radius 1 is 1.17 bits per heavy atom. The Bertz CT molecular complexity index is 891. The molecule has 2 fully saturated rings. The van der Waals surface area contributed by atoms with Crippen LogP contribution in [0.2, 0.25) is 0 Å². The molecule has 0 aromatic carbocycles. The highest BCUT2D eigenvalue weighted by molar-refractivity contribution is 7.20. The lowest BCUT2D eigenvalue weighted by atomic mass is 10.0. The first-order valence-electron chi connectivity index (χ1n) is 10.6. The number of aryl methyl sites for hydroxylation is 2. The molecule has 2 aromatic rings. The number of thiophene rings is 1. The second-order valence-corrected chi connectivity index (χ2v) is 9.13. The van der Waals surface area contributed by atoms with Gasteiger partial charge in [0.25, 0.3) is 0 Å². The number of nitrogens with zero attached hydrogens (tertiary/aromatic N) is 5. The number of hydrogen-bond acceptors (Lipinski definition) is 8. The van der Waals surface area contributed by atoms with Crippen molar-refractivity contribution in [2.24, 2.45) is 0 Å². The molecule has 0 aliphatic carbocycles. The van der Waals surface area contributed by atoms with Gasteiger partial charge in [0.15, 0.2) is 0 Å². The van der Waals surface area contributed by atoms with E-state index < -0.39 is 0 Å². The van der Waals surface area contributed by atoms with Crippen LogP contribution in [0.4, 0.5) is 5.82 Å². The normalized spacial score (nSPS) is 21.7. The van der Waals surface area contributed by atoms with Crippen molar-refractivity contribution in [2.75, 3.05) is 57.8 Å². The Hall–Kier alpha value is -1.77. The highest BCUT2D eigenvalue weighted by Crippen LogP contribution is 2.36. The minimum Gasteiger partial charge on any atom is -0.462 e. The van der Waals surface area contributed by atoms with Gasteiger partial charge in [-0.1, -0.05) is 0 Å². The molecular weight excluding hydrogens is 386 g/mol. The van der Waals surface area contributed by atoms with Crippen molar-refractivity contribution in [1.82, 2.24) is 19.8 Å². The number of ether oxygens (including phenoxy) is 1. The van der Waals surface area contributed by atoms with Crippen LogP contribution < -0.4 is 4.90 Å². The average Bonchev–Trinajstić information content (AvgIpc) is 3.04. The van der Waals surface area contributed by atoms with Crippen molar-refractivity contribution in [3.05, 3.63) is 16.3 Å². The molecule has 7 nitrogen and oxygen atoms in total. The van der Waals surface area contributed by atoms with Crippen molar-refractivity contribution >= 4 is 33.3 Å². The first kappa shape index (κ1) is 20.5. The molecule has 0 amide bonds. The predicted octanol–water partition coefficient (Wildman–Crippen LogP) is 2.70. The zero-order chi connectivity index (χ0) is 20.5. The highest BCUT2D eigenvalue weighted by Gasteiger charge is 2.29. The van der Waals surface area contributed by atoms with Crippen molar-refractivity contribution in [2.45, 2.75) is 39.7 Å². The molecule has 0 saturated carbocycles. The number of esters is 1. The third kappa shape index (κ3) is 4.11. The van der Waals surface area contributed by atoms with E-state index in [-0.39, 0.29) is 5.97 Å². The van der Waals surface area contributed by atoms with Gasteiger partial charge >= 0.3 is 5.97 Å². The van der Waals surface area contributed by atoms with Crippen LogP contribution in [0.1, 0.15) is 40.8 Å². The van der Waals surface area contributed by atoms with Crippen molar-refractivity contribution < 1.29 is 9.53 Å². The van der Waals surface area contributed by atoms with Gasteiger partial charge in [-0.15, -0.1) is 11.3 Å². The predicted molar refractivity (Wildman–Crippen MR) is 117 cm³/mol. The van der Waals surface area contributed by atoms with Crippen molar-refractivity contribution in [3.8, 4) is 0 Å². The molecule has 2 aromatic heterocycles. The van der Waals surface area contributed by atoms with E-state index in [1.807, 2.05) is 20.8 Å². The zero-order valence-electron chi connectivity index (χ0n) is 17.9. The molecule has 0 spiro atoms. The third-order valence-corrected chi connectivity index (χ3v) is 7.24. The number of aromatic nitrogens is 2. The van der Waals surface area contributed by atoms with E-state index in [9.17, 15) is 4.79 Å². The van der Waals surface area contributed by atoms with E-state index in [0.717, 1.165) is 53.6 Å². The Balaban J connectivity index is 1.57. The van der Waals surface area contributed by atoms with Crippen LogP contribution in [-0.4, -0.2) is 84.7 Å². The number of hydrogen-bond donors (Lipinski definition) is 0. The van der Waals surface area contributed by atoms with Crippen LogP contribution >= 0.6 is 11.3 Å². The highest BCUT2D eigenvalue weighted by atomic mass is 32.1. The summed E-state index contributed by atoms with van der Waals surface area (Å²) in [6.45, 7) is 12.5. The van der Waals surface area contributed by atoms with E-state index in [4.69, 9.17) is 9.72 Å². The molecule has 2 aliphatic rings. The van der Waals surface area contributed by atoms with Gasteiger partial charge in [0.2, 0.25) is 0 Å². The summed E-state index contributed by atoms with van der Waals surface area (Å²) in [5.41, 5.74) is 0.940. The summed E-state index contributed by atoms with van der Waals surface area (Å²) in [6, 6.07) is 0.668. The third-order valence-electron chi connectivity index (χ3n) is 6.07. The number of piperazine rings is 1. The summed E-state index contributed by atoms with van der Waals surface area (Å²) < 4.78 is 5.24. The Morgan fingerprint density at radius 2 is 1.93 bits per heavy atom. The SMILES string of the molecule is CCOC(=O)c1sc2nc(C)nc(N3CCN(C4CCCN(C)C4)CC3)c2c1C. The molecule has 0 bridgehead atoms. The maximum absolute atomic E-state index is 12.4. The summed E-state index contributed by atoms with van der Waals surface area (Å²) in [5.74, 6) is 1.46. The summed E-state index contributed by atoms with van der Waals surface area (Å²) in [7, 11) is 2.23. The summed E-state index contributed by atoms with van der Waals surface area (Å²) in [5, 5.41) is 1.01. The molecule has 0 N–H and O–H groups in total. The lowest BCUT2D eigenvalue weighted by molar-refractivity contribution is 0.0531. The molecule has 4 heterocycles. The topological polar surface area (TPSA) is 61.8 Å². The minimum atomic E-state index is -0.261. The van der Waals surface area contributed by atoms with E-state index in [0.29, 0.717) is 17.5 Å². The van der Waals surface area contributed by atoms with E-state index in [2.05, 4.69) is 26.7 Å². The van der Waals surface area contributed by atoms with Crippen molar-refractivity contribution in [1.29, 1.82) is 0 Å². The van der Waals surface area contributed by atoms with Gasteiger partial charge in [-0.2, -0.15) is 0 Å². The van der Waals surface area contributed by atoms with Crippen LogP contribution in [0.15, 0.2) is 0 Å². The number of anilines is 1.